The summed E-state index contributed by atoms with van der Waals surface area (Å²) in [4.78, 5) is 20.6. The van der Waals surface area contributed by atoms with Gasteiger partial charge in [-0.2, -0.15) is 0 Å². The number of nitrogens with zero attached hydrogens (tertiary/aromatic N) is 1. The Balaban J connectivity index is 1.33. The monoisotopic (exact) mass is 525 g/mol. The molecule has 0 spiro atoms. The lowest BCUT2D eigenvalue weighted by molar-refractivity contribution is 0.0857. The first-order valence-electron chi connectivity index (χ1n) is 11.7. The number of fused-ring (bicyclic) bond motifs is 1. The maximum absolute atomic E-state index is 12.8. The van der Waals surface area contributed by atoms with E-state index in [-0.39, 0.29) is 25.2 Å². The highest BCUT2D eigenvalue weighted by Crippen LogP contribution is 2.31. The van der Waals surface area contributed by atoms with Crippen LogP contribution in [-0.2, 0) is 18.0 Å². The molecule has 9 heteroatoms. The first-order chi connectivity index (χ1) is 17.5. The Morgan fingerprint density at radius 1 is 1.06 bits per heavy atom. The van der Waals surface area contributed by atoms with Crippen molar-refractivity contribution < 1.29 is 19.0 Å². The highest BCUT2D eigenvalue weighted by molar-refractivity contribution is 6.35. The number of nitrogens with one attached hydrogen (secondary N) is 2. The van der Waals surface area contributed by atoms with Gasteiger partial charge in [0.1, 0.15) is 19.0 Å². The van der Waals surface area contributed by atoms with Crippen LogP contribution in [0.4, 0.5) is 0 Å². The number of hydrogen-bond acceptors (Lipinski definition) is 5. The lowest BCUT2D eigenvalue weighted by Gasteiger charge is -2.15. The van der Waals surface area contributed by atoms with E-state index < -0.39 is 0 Å². The molecule has 7 nitrogen and oxygen atoms in total. The molecule has 0 saturated carbocycles. The number of imidazole rings is 1. The van der Waals surface area contributed by atoms with Gasteiger partial charge >= 0.3 is 0 Å². The lowest BCUT2D eigenvalue weighted by atomic mass is 10.1. The van der Waals surface area contributed by atoms with Crippen molar-refractivity contribution in [3.63, 3.8) is 0 Å². The Morgan fingerprint density at radius 3 is 2.72 bits per heavy atom. The van der Waals surface area contributed by atoms with Crippen LogP contribution in [-0.4, -0.2) is 35.1 Å². The third-order valence-electron chi connectivity index (χ3n) is 5.92. The number of benzene rings is 3. The fourth-order valence-corrected chi connectivity index (χ4v) is 4.47. The summed E-state index contributed by atoms with van der Waals surface area (Å²) in [6.45, 7) is 1.60. The van der Waals surface area contributed by atoms with Crippen molar-refractivity contribution in [3.05, 3.63) is 87.7 Å². The van der Waals surface area contributed by atoms with Gasteiger partial charge in [-0.25, -0.2) is 4.98 Å². The largest absolute Gasteiger partial charge is 0.485 e. The van der Waals surface area contributed by atoms with E-state index in [0.717, 1.165) is 36.0 Å². The third kappa shape index (κ3) is 5.93. The minimum atomic E-state index is -0.205. The molecule has 2 heterocycles. The summed E-state index contributed by atoms with van der Waals surface area (Å²) in [5.74, 6) is 1.38. The number of halogens is 2. The molecule has 1 atom stereocenters. The van der Waals surface area contributed by atoms with E-state index in [1.165, 1.54) is 0 Å². The predicted octanol–water partition coefficient (Wildman–Crippen LogP) is 5.94. The Kier molecular flexibility index (Phi) is 7.60. The number of H-pyrrole nitrogens is 1. The highest BCUT2D eigenvalue weighted by Gasteiger charge is 2.18. The van der Waals surface area contributed by atoms with Crippen LogP contribution in [0.5, 0.6) is 11.5 Å². The molecular weight excluding hydrogens is 501 g/mol. The van der Waals surface area contributed by atoms with Crippen molar-refractivity contribution >= 4 is 40.1 Å². The number of carbonyl (C=O) groups excluding carboxylic acids is 1. The average molecular weight is 526 g/mol. The zero-order valence-corrected chi connectivity index (χ0v) is 20.9. The van der Waals surface area contributed by atoms with Crippen LogP contribution < -0.4 is 14.8 Å². The maximum atomic E-state index is 12.8. The molecule has 1 amide bonds. The summed E-state index contributed by atoms with van der Waals surface area (Å²) in [7, 11) is 0. The molecule has 1 aromatic heterocycles. The molecule has 0 aliphatic carbocycles. The number of aromatic nitrogens is 2. The van der Waals surface area contributed by atoms with Crippen molar-refractivity contribution in [1.29, 1.82) is 0 Å². The lowest BCUT2D eigenvalue weighted by Crippen LogP contribution is -2.31. The van der Waals surface area contributed by atoms with Gasteiger partial charge in [-0.15, -0.1) is 0 Å². The van der Waals surface area contributed by atoms with E-state index in [2.05, 4.69) is 15.3 Å². The SMILES string of the molecule is O=C(NCC1CCCO1)c1ccc(OCc2nc3ccccc3[nH]2)c(OCc2ccc(Cl)cc2Cl)c1. The van der Waals surface area contributed by atoms with Gasteiger partial charge in [0.15, 0.2) is 11.5 Å². The van der Waals surface area contributed by atoms with Crippen LogP contribution >= 0.6 is 23.2 Å². The second-order valence-electron chi connectivity index (χ2n) is 8.52. The number of hydrogen-bond donors (Lipinski definition) is 2. The smallest absolute Gasteiger partial charge is 0.251 e. The molecular formula is C27H25Cl2N3O4. The van der Waals surface area contributed by atoms with Gasteiger partial charge in [-0.05, 0) is 55.3 Å². The summed E-state index contributed by atoms with van der Waals surface area (Å²) in [5, 5.41) is 3.98. The Bertz CT molecular complexity index is 1340. The maximum Gasteiger partial charge on any atom is 0.251 e. The van der Waals surface area contributed by atoms with Gasteiger partial charge in [0.25, 0.3) is 5.91 Å². The summed E-state index contributed by atoms with van der Waals surface area (Å²) in [6.07, 6.45) is 2.02. The minimum Gasteiger partial charge on any atom is -0.485 e. The second kappa shape index (κ2) is 11.2. The molecule has 0 radical (unpaired) electrons. The van der Waals surface area contributed by atoms with Crippen LogP contribution in [0.2, 0.25) is 10.0 Å². The standard InChI is InChI=1S/C27H25Cl2N3O4/c28-19-9-7-18(21(29)13-19)15-35-25-12-17(27(33)30-14-20-4-3-11-34-20)8-10-24(25)36-16-26-31-22-5-1-2-6-23(22)32-26/h1-2,5-10,12-13,20H,3-4,11,14-16H2,(H,30,33)(H,31,32). The van der Waals surface area contributed by atoms with Crippen LogP contribution in [0.3, 0.4) is 0 Å². The van der Waals surface area contributed by atoms with E-state index in [1.807, 2.05) is 24.3 Å². The summed E-state index contributed by atoms with van der Waals surface area (Å²) in [5.41, 5.74) is 3.02. The number of aromatic amines is 1. The van der Waals surface area contributed by atoms with Crippen molar-refractivity contribution in [2.24, 2.45) is 0 Å². The van der Waals surface area contributed by atoms with Crippen LogP contribution in [0.1, 0.15) is 34.6 Å². The molecule has 186 valence electrons. The molecule has 1 fully saturated rings. The molecule has 3 aromatic carbocycles. The highest BCUT2D eigenvalue weighted by atomic mass is 35.5. The molecule has 36 heavy (non-hydrogen) atoms. The summed E-state index contributed by atoms with van der Waals surface area (Å²) in [6, 6.07) is 18.1. The van der Waals surface area contributed by atoms with Crippen molar-refractivity contribution in [2.75, 3.05) is 13.2 Å². The molecule has 1 aliphatic heterocycles. The molecule has 4 aromatic rings. The van der Waals surface area contributed by atoms with Gasteiger partial charge in [0.2, 0.25) is 0 Å². The third-order valence-corrected chi connectivity index (χ3v) is 6.51. The molecule has 1 unspecified atom stereocenters. The van der Waals surface area contributed by atoms with E-state index >= 15 is 0 Å². The molecule has 2 N–H and O–H groups in total. The van der Waals surface area contributed by atoms with Gasteiger partial charge in [0, 0.05) is 34.3 Å². The van der Waals surface area contributed by atoms with Crippen molar-refractivity contribution in [2.45, 2.75) is 32.2 Å². The molecule has 1 saturated heterocycles. The van der Waals surface area contributed by atoms with Crippen LogP contribution in [0, 0.1) is 0 Å². The van der Waals surface area contributed by atoms with Crippen molar-refractivity contribution in [3.8, 4) is 11.5 Å². The summed E-state index contributed by atoms with van der Waals surface area (Å²) < 4.78 is 17.7. The van der Waals surface area contributed by atoms with Gasteiger partial charge in [0.05, 0.1) is 17.1 Å². The summed E-state index contributed by atoms with van der Waals surface area (Å²) >= 11 is 12.3. The minimum absolute atomic E-state index is 0.0585. The number of rotatable bonds is 9. The number of carbonyl (C=O) groups is 1. The Labute approximate surface area is 218 Å². The Hall–Kier alpha value is -3.26. The van der Waals surface area contributed by atoms with Gasteiger partial charge < -0.3 is 24.5 Å². The van der Waals surface area contributed by atoms with Crippen molar-refractivity contribution in [1.82, 2.24) is 15.3 Å². The number of amides is 1. The second-order valence-corrected chi connectivity index (χ2v) is 9.36. The van der Waals surface area contributed by atoms with Crippen LogP contribution in [0.25, 0.3) is 11.0 Å². The Morgan fingerprint density at radius 2 is 1.92 bits per heavy atom. The zero-order valence-electron chi connectivity index (χ0n) is 19.4. The topological polar surface area (TPSA) is 85.5 Å². The normalized spacial score (nSPS) is 15.2. The first kappa shape index (κ1) is 24.4. The van der Waals surface area contributed by atoms with Gasteiger partial charge in [-0.3, -0.25) is 4.79 Å². The number of ether oxygens (including phenoxy) is 3. The van der Waals surface area contributed by atoms with E-state index in [4.69, 9.17) is 37.4 Å². The van der Waals surface area contributed by atoms with Gasteiger partial charge in [-0.1, -0.05) is 41.4 Å². The fourth-order valence-electron chi connectivity index (χ4n) is 4.01. The molecule has 1 aliphatic rings. The zero-order chi connectivity index (χ0) is 24.9. The van der Waals surface area contributed by atoms with E-state index in [1.54, 1.807) is 36.4 Å². The first-order valence-corrected chi connectivity index (χ1v) is 12.5. The average Bonchev–Trinajstić information content (AvgIpc) is 3.55. The van der Waals surface area contributed by atoms with Crippen LogP contribution in [0.15, 0.2) is 60.7 Å². The van der Waals surface area contributed by atoms with E-state index in [0.29, 0.717) is 39.5 Å². The predicted molar refractivity (Wildman–Crippen MR) is 139 cm³/mol. The molecule has 5 rings (SSSR count). The molecule has 0 bridgehead atoms. The van der Waals surface area contributed by atoms with E-state index in [9.17, 15) is 4.79 Å². The fraction of sp³-hybridized carbons (Fsp3) is 0.259. The quantitative estimate of drug-likeness (QED) is 0.282. The number of para-hydroxylation sites is 2.